The lowest BCUT2D eigenvalue weighted by molar-refractivity contribution is 0.475. The maximum Gasteiger partial charge on any atom is 0.236 e. The van der Waals surface area contributed by atoms with Crippen molar-refractivity contribution in [3.05, 3.63) is 102 Å². The van der Waals surface area contributed by atoms with Crippen LogP contribution in [0.15, 0.2) is 91.1 Å². The highest BCUT2D eigenvalue weighted by atomic mass is 32.2. The molecule has 1 aromatic heterocycles. The van der Waals surface area contributed by atoms with E-state index in [1.807, 2.05) is 36.4 Å². The van der Waals surface area contributed by atoms with Crippen LogP contribution in [0.1, 0.15) is 11.1 Å². The van der Waals surface area contributed by atoms with E-state index < -0.39 is 10.0 Å². The topological polar surface area (TPSA) is 104 Å². The van der Waals surface area contributed by atoms with Crippen molar-refractivity contribution >= 4 is 21.7 Å². The summed E-state index contributed by atoms with van der Waals surface area (Å²) in [5.74, 6) is 0.634. The van der Waals surface area contributed by atoms with Crippen molar-refractivity contribution in [2.24, 2.45) is 0 Å². The molecule has 1 heterocycles. The number of anilines is 2. The molecule has 168 valence electrons. The molecule has 33 heavy (non-hydrogen) atoms. The Morgan fingerprint density at radius 1 is 0.848 bits per heavy atom. The summed E-state index contributed by atoms with van der Waals surface area (Å²) in [5, 5.41) is 12.6. The van der Waals surface area contributed by atoms with Crippen LogP contribution >= 0.6 is 0 Å². The van der Waals surface area contributed by atoms with Crippen LogP contribution in [0.2, 0.25) is 0 Å². The van der Waals surface area contributed by atoms with Crippen LogP contribution < -0.4 is 10.0 Å². The zero-order chi connectivity index (χ0) is 23.1. The average Bonchev–Trinajstić information content (AvgIpc) is 2.81. The van der Waals surface area contributed by atoms with Gasteiger partial charge in [0.25, 0.3) is 0 Å². The standard InChI is InChI=1S/C25H24N4O3S/c30-23-11-9-19(10-12-23)13-15-26-25-27-16-14-24(28-25)21-7-4-8-22(17-21)29-33(31,32)18-20-5-2-1-3-6-20/h1-12,14,16-17,29-30H,13,15,18H2,(H,26,27,28). The number of nitrogens with zero attached hydrogens (tertiary/aromatic N) is 2. The van der Waals surface area contributed by atoms with Crippen molar-refractivity contribution in [3.63, 3.8) is 0 Å². The van der Waals surface area contributed by atoms with E-state index in [2.05, 4.69) is 20.0 Å². The van der Waals surface area contributed by atoms with E-state index in [0.717, 1.165) is 23.1 Å². The summed E-state index contributed by atoms with van der Waals surface area (Å²) >= 11 is 0. The number of nitrogens with one attached hydrogen (secondary N) is 2. The lowest BCUT2D eigenvalue weighted by Crippen LogP contribution is -2.15. The molecular weight excluding hydrogens is 436 g/mol. The van der Waals surface area contributed by atoms with Gasteiger partial charge in [-0.1, -0.05) is 54.6 Å². The minimum atomic E-state index is -3.55. The van der Waals surface area contributed by atoms with Crippen LogP contribution in [-0.4, -0.2) is 30.0 Å². The average molecular weight is 461 g/mol. The molecule has 0 amide bonds. The Kier molecular flexibility index (Phi) is 6.85. The van der Waals surface area contributed by atoms with Gasteiger partial charge in [0.15, 0.2) is 0 Å². The van der Waals surface area contributed by atoms with Crippen LogP contribution in [0.3, 0.4) is 0 Å². The summed E-state index contributed by atoms with van der Waals surface area (Å²) in [5.41, 5.74) is 3.75. The van der Waals surface area contributed by atoms with Gasteiger partial charge in [-0.25, -0.2) is 18.4 Å². The van der Waals surface area contributed by atoms with Crippen LogP contribution in [0.5, 0.6) is 5.75 Å². The van der Waals surface area contributed by atoms with E-state index in [1.165, 1.54) is 0 Å². The Balaban J connectivity index is 1.42. The smallest absolute Gasteiger partial charge is 0.236 e. The molecule has 7 nitrogen and oxygen atoms in total. The summed E-state index contributed by atoms with van der Waals surface area (Å²) < 4.78 is 27.8. The molecule has 0 saturated heterocycles. The SMILES string of the molecule is O=S(=O)(Cc1ccccc1)Nc1cccc(-c2ccnc(NCCc3ccc(O)cc3)n2)c1. The van der Waals surface area contributed by atoms with Gasteiger partial charge in [0.05, 0.1) is 11.4 Å². The fraction of sp³-hybridized carbons (Fsp3) is 0.120. The molecule has 8 heteroatoms. The molecule has 0 aliphatic heterocycles. The third-order valence-corrected chi connectivity index (χ3v) is 6.18. The highest BCUT2D eigenvalue weighted by Gasteiger charge is 2.12. The fourth-order valence-corrected chi connectivity index (χ4v) is 4.53. The molecule has 0 fully saturated rings. The maximum absolute atomic E-state index is 12.6. The minimum absolute atomic E-state index is 0.0966. The third-order valence-electron chi connectivity index (χ3n) is 4.92. The van der Waals surface area contributed by atoms with E-state index in [4.69, 9.17) is 0 Å². The number of phenolic OH excluding ortho intramolecular Hbond substituents is 1. The van der Waals surface area contributed by atoms with Gasteiger partial charge in [0.1, 0.15) is 5.75 Å². The largest absolute Gasteiger partial charge is 0.508 e. The number of benzene rings is 3. The highest BCUT2D eigenvalue weighted by Crippen LogP contribution is 2.23. The number of aromatic hydroxyl groups is 1. The van der Waals surface area contributed by atoms with Gasteiger partial charge in [0.2, 0.25) is 16.0 Å². The Morgan fingerprint density at radius 3 is 2.42 bits per heavy atom. The molecule has 0 aliphatic carbocycles. The van der Waals surface area contributed by atoms with Crippen molar-refractivity contribution in [2.45, 2.75) is 12.2 Å². The van der Waals surface area contributed by atoms with Crippen molar-refractivity contribution in [2.75, 3.05) is 16.6 Å². The van der Waals surface area contributed by atoms with E-state index in [-0.39, 0.29) is 11.5 Å². The third kappa shape index (κ3) is 6.54. The van der Waals surface area contributed by atoms with E-state index in [9.17, 15) is 13.5 Å². The lowest BCUT2D eigenvalue weighted by Gasteiger charge is -2.10. The van der Waals surface area contributed by atoms with Crippen molar-refractivity contribution in [1.29, 1.82) is 0 Å². The molecule has 3 aromatic carbocycles. The molecule has 0 aliphatic rings. The molecule has 0 unspecified atom stereocenters. The first-order chi connectivity index (χ1) is 16.0. The van der Waals surface area contributed by atoms with Crippen LogP contribution in [0.4, 0.5) is 11.6 Å². The summed E-state index contributed by atoms with van der Waals surface area (Å²) in [7, 11) is -3.55. The van der Waals surface area contributed by atoms with Gasteiger partial charge in [0, 0.05) is 24.0 Å². The van der Waals surface area contributed by atoms with Gasteiger partial charge >= 0.3 is 0 Å². The second-order valence-electron chi connectivity index (χ2n) is 7.54. The zero-order valence-corrected chi connectivity index (χ0v) is 18.7. The molecule has 4 rings (SSSR count). The Bertz CT molecular complexity index is 1310. The Morgan fingerprint density at radius 2 is 1.64 bits per heavy atom. The van der Waals surface area contributed by atoms with E-state index in [0.29, 0.717) is 23.9 Å². The molecule has 0 bridgehead atoms. The van der Waals surface area contributed by atoms with Gasteiger partial charge < -0.3 is 10.4 Å². The van der Waals surface area contributed by atoms with Crippen LogP contribution in [-0.2, 0) is 22.2 Å². The molecule has 0 saturated carbocycles. The predicted octanol–water partition coefficient (Wildman–Crippen LogP) is 4.45. The first-order valence-electron chi connectivity index (χ1n) is 10.5. The van der Waals surface area contributed by atoms with Crippen LogP contribution in [0.25, 0.3) is 11.3 Å². The van der Waals surface area contributed by atoms with Crippen molar-refractivity contribution < 1.29 is 13.5 Å². The Hall–Kier alpha value is -3.91. The number of rotatable bonds is 9. The number of hydrogen-bond donors (Lipinski definition) is 3. The number of aromatic nitrogens is 2. The number of hydrogen-bond acceptors (Lipinski definition) is 6. The Labute approximate surface area is 193 Å². The molecule has 4 aromatic rings. The van der Waals surface area contributed by atoms with E-state index >= 15 is 0 Å². The maximum atomic E-state index is 12.6. The van der Waals surface area contributed by atoms with Gasteiger partial charge in [-0.15, -0.1) is 0 Å². The van der Waals surface area contributed by atoms with Gasteiger partial charge in [-0.05, 0) is 47.9 Å². The van der Waals surface area contributed by atoms with Crippen molar-refractivity contribution in [1.82, 2.24) is 9.97 Å². The van der Waals surface area contributed by atoms with Gasteiger partial charge in [-0.2, -0.15) is 0 Å². The summed E-state index contributed by atoms with van der Waals surface area (Å²) in [6, 6.07) is 25.0. The monoisotopic (exact) mass is 460 g/mol. The molecule has 3 N–H and O–H groups in total. The number of sulfonamides is 1. The first kappa shape index (κ1) is 22.3. The molecule has 0 atom stereocenters. The summed E-state index contributed by atoms with van der Waals surface area (Å²) in [6.07, 6.45) is 2.42. The normalized spacial score (nSPS) is 11.2. The fourth-order valence-electron chi connectivity index (χ4n) is 3.34. The summed E-state index contributed by atoms with van der Waals surface area (Å²) in [6.45, 7) is 0.632. The second-order valence-corrected chi connectivity index (χ2v) is 9.26. The first-order valence-corrected chi connectivity index (χ1v) is 12.1. The highest BCUT2D eigenvalue weighted by molar-refractivity contribution is 7.91. The molecular formula is C25H24N4O3S. The predicted molar refractivity (Wildman–Crippen MR) is 130 cm³/mol. The second kappa shape index (κ2) is 10.1. The quantitative estimate of drug-likeness (QED) is 0.341. The molecule has 0 spiro atoms. The lowest BCUT2D eigenvalue weighted by atomic mass is 10.1. The zero-order valence-electron chi connectivity index (χ0n) is 17.8. The number of phenols is 1. The van der Waals surface area contributed by atoms with E-state index in [1.54, 1.807) is 54.7 Å². The summed E-state index contributed by atoms with van der Waals surface area (Å²) in [4.78, 5) is 8.82. The molecule has 0 radical (unpaired) electrons. The van der Waals surface area contributed by atoms with Crippen LogP contribution in [0, 0.1) is 0 Å². The van der Waals surface area contributed by atoms with Gasteiger partial charge in [-0.3, -0.25) is 4.72 Å². The van der Waals surface area contributed by atoms with Crippen molar-refractivity contribution in [3.8, 4) is 17.0 Å². The minimum Gasteiger partial charge on any atom is -0.508 e.